The third-order valence-corrected chi connectivity index (χ3v) is 12.7. The largest absolute Gasteiger partial charge is 0.408 e. The van der Waals surface area contributed by atoms with E-state index in [4.69, 9.17) is 4.43 Å². The molecule has 2 rings (SSSR count). The highest BCUT2D eigenvalue weighted by Crippen LogP contribution is 2.43. The summed E-state index contributed by atoms with van der Waals surface area (Å²) in [5, 5.41) is 22.9. The lowest BCUT2D eigenvalue weighted by atomic mass is 10.1. The molecule has 1 aromatic rings. The Morgan fingerprint density at radius 1 is 0.974 bits per heavy atom. The number of unbranched alkanes of at least 4 members (excludes halogenated alkanes) is 11. The van der Waals surface area contributed by atoms with Crippen molar-refractivity contribution in [1.82, 2.24) is 0 Å². The van der Waals surface area contributed by atoms with Crippen LogP contribution in [-0.2, 0) is 4.43 Å². The first-order chi connectivity index (χ1) is 18.4. The fourth-order valence-corrected chi connectivity index (χ4v) is 5.92. The molecule has 0 saturated carbocycles. The normalized spacial score (nSPS) is 16.6. The van der Waals surface area contributed by atoms with Gasteiger partial charge in [0.05, 0.1) is 28.1 Å². The summed E-state index contributed by atoms with van der Waals surface area (Å²) < 4.78 is 6.78. The fourth-order valence-electron chi connectivity index (χ4n) is 4.65. The lowest BCUT2D eigenvalue weighted by Gasteiger charge is -2.38. The maximum atomic E-state index is 11.7. The van der Waals surface area contributed by atoms with Crippen molar-refractivity contribution in [1.29, 1.82) is 0 Å². The van der Waals surface area contributed by atoms with Gasteiger partial charge in [-0.1, -0.05) is 104 Å². The van der Waals surface area contributed by atoms with Crippen LogP contribution in [0.4, 0.5) is 17.1 Å². The second-order valence-electron chi connectivity index (χ2n) is 12.5. The van der Waals surface area contributed by atoms with Crippen LogP contribution in [0, 0.1) is 20.2 Å². The van der Waals surface area contributed by atoms with E-state index >= 15 is 0 Å². The van der Waals surface area contributed by atoms with Crippen molar-refractivity contribution in [3.63, 3.8) is 0 Å². The Hall–Kier alpha value is -2.26. The molecule has 0 N–H and O–H groups in total. The summed E-state index contributed by atoms with van der Waals surface area (Å²) >= 11 is 0. The molecular weight excluding hydrogens is 510 g/mol. The van der Waals surface area contributed by atoms with Crippen LogP contribution in [0.15, 0.2) is 30.4 Å². The van der Waals surface area contributed by atoms with Crippen molar-refractivity contribution in [2.45, 2.75) is 135 Å². The minimum absolute atomic E-state index is 0.0205. The van der Waals surface area contributed by atoms with E-state index in [1.54, 1.807) is 0 Å². The molecule has 1 heterocycles. The molecule has 8 nitrogen and oxygen atoms in total. The van der Waals surface area contributed by atoms with Gasteiger partial charge in [-0.05, 0) is 37.0 Å². The average Bonchev–Trinajstić information content (AvgIpc) is 3.65. The number of nitro groups is 2. The zero-order chi connectivity index (χ0) is 29.1. The molecular formula is C30H51N3O5Si. The van der Waals surface area contributed by atoms with Crippen molar-refractivity contribution in [3.05, 3.63) is 50.6 Å². The van der Waals surface area contributed by atoms with Crippen molar-refractivity contribution < 1.29 is 14.3 Å². The molecule has 220 valence electrons. The van der Waals surface area contributed by atoms with Gasteiger partial charge in [0.1, 0.15) is 5.69 Å². The number of hydrogen-bond acceptors (Lipinski definition) is 6. The molecule has 0 unspecified atom stereocenters. The van der Waals surface area contributed by atoms with Crippen molar-refractivity contribution in [3.8, 4) is 0 Å². The maximum absolute atomic E-state index is 11.7. The monoisotopic (exact) mass is 561 g/mol. The van der Waals surface area contributed by atoms with Gasteiger partial charge in [-0.2, -0.15) is 0 Å². The van der Waals surface area contributed by atoms with Gasteiger partial charge in [0.15, 0.2) is 8.32 Å². The van der Waals surface area contributed by atoms with E-state index in [1.165, 1.54) is 76.3 Å². The van der Waals surface area contributed by atoms with E-state index in [0.717, 1.165) is 18.9 Å². The first kappa shape index (κ1) is 32.9. The third kappa shape index (κ3) is 10.7. The summed E-state index contributed by atoms with van der Waals surface area (Å²) in [6, 6.07) is 3.86. The first-order valence-corrected chi connectivity index (χ1v) is 17.8. The van der Waals surface area contributed by atoms with E-state index in [-0.39, 0.29) is 28.6 Å². The quantitative estimate of drug-likeness (QED) is 0.0417. The van der Waals surface area contributed by atoms with E-state index in [0.29, 0.717) is 12.2 Å². The van der Waals surface area contributed by atoms with Gasteiger partial charge in [0, 0.05) is 12.6 Å². The van der Waals surface area contributed by atoms with E-state index in [1.807, 2.05) is 4.90 Å². The Balaban J connectivity index is 1.94. The number of nitro benzene ring substituents is 2. The van der Waals surface area contributed by atoms with Gasteiger partial charge in [0.25, 0.3) is 11.4 Å². The van der Waals surface area contributed by atoms with E-state index in [2.05, 4.69) is 52.9 Å². The first-order valence-electron chi connectivity index (χ1n) is 14.9. The number of rotatable bonds is 19. The van der Waals surface area contributed by atoms with Crippen molar-refractivity contribution >= 4 is 25.4 Å². The van der Waals surface area contributed by atoms with Crippen LogP contribution in [0.2, 0.25) is 18.1 Å². The lowest BCUT2D eigenvalue weighted by Crippen LogP contribution is -2.45. The zero-order valence-corrected chi connectivity index (χ0v) is 26.1. The van der Waals surface area contributed by atoms with Gasteiger partial charge in [0.2, 0.25) is 0 Å². The maximum Gasteiger partial charge on any atom is 0.299 e. The standard InChI is InChI=1S/C30H51N3O5Si/c1-7-8-9-10-11-12-13-14-15-16-17-18-19-20-29(38-39(5,6)30(2,3)4)28-24-31(28)26-22-21-25(32(34)35)23-27(26)33(36)37/h19-23,28-29H,7-18,24H2,1-6H3/b20-19-/t28-,29+,31?/m0/s1. The molecule has 0 aromatic heterocycles. The van der Waals surface area contributed by atoms with Crippen molar-refractivity contribution in [2.75, 3.05) is 11.4 Å². The van der Waals surface area contributed by atoms with Crippen LogP contribution in [-0.4, -0.2) is 36.9 Å². The Labute approximate surface area is 236 Å². The van der Waals surface area contributed by atoms with Crippen LogP contribution in [0.5, 0.6) is 0 Å². The molecule has 1 aliphatic rings. The zero-order valence-electron chi connectivity index (χ0n) is 25.1. The van der Waals surface area contributed by atoms with Crippen LogP contribution in [0.25, 0.3) is 0 Å². The number of non-ortho nitro benzene ring substituents is 1. The molecule has 0 bridgehead atoms. The predicted molar refractivity (Wildman–Crippen MR) is 163 cm³/mol. The fraction of sp³-hybridized carbons (Fsp3) is 0.733. The summed E-state index contributed by atoms with van der Waals surface area (Å²) in [7, 11) is -2.09. The number of allylic oxidation sites excluding steroid dienone is 1. The van der Waals surface area contributed by atoms with Gasteiger partial charge in [-0.3, -0.25) is 20.2 Å². The Kier molecular flexibility index (Phi) is 13.1. The average molecular weight is 562 g/mol. The van der Waals surface area contributed by atoms with E-state index < -0.39 is 18.2 Å². The molecule has 39 heavy (non-hydrogen) atoms. The SMILES string of the molecule is CCCCCCCCCCCCC/C=C\[C@@H](O[Si](C)(C)C(C)(C)C)[C@@H]1CN1c1ccc([N+](=O)[O-])cc1[N+](=O)[O-]. The summed E-state index contributed by atoms with van der Waals surface area (Å²) in [5.41, 5.74) is -0.0919. The summed E-state index contributed by atoms with van der Waals surface area (Å²) in [5.74, 6) is 0. The van der Waals surface area contributed by atoms with Crippen LogP contribution in [0.1, 0.15) is 105 Å². The number of benzene rings is 1. The molecule has 1 aliphatic heterocycles. The van der Waals surface area contributed by atoms with Crippen LogP contribution in [0.3, 0.4) is 0 Å². The minimum atomic E-state index is -2.09. The molecule has 1 aromatic carbocycles. The van der Waals surface area contributed by atoms with Gasteiger partial charge in [-0.15, -0.1) is 0 Å². The van der Waals surface area contributed by atoms with Crippen LogP contribution >= 0.6 is 0 Å². The number of hydrogen-bond donors (Lipinski definition) is 0. The van der Waals surface area contributed by atoms with E-state index in [9.17, 15) is 20.2 Å². The number of nitrogens with zero attached hydrogens (tertiary/aromatic N) is 3. The molecule has 2 atom stereocenters. The molecule has 9 heteroatoms. The lowest BCUT2D eigenvalue weighted by molar-refractivity contribution is -0.393. The number of anilines is 1. The third-order valence-electron chi connectivity index (χ3n) is 8.24. The van der Waals surface area contributed by atoms with Crippen molar-refractivity contribution in [2.24, 2.45) is 0 Å². The molecule has 0 spiro atoms. The summed E-state index contributed by atoms with van der Waals surface area (Å²) in [4.78, 5) is 23.6. The topological polar surface area (TPSA) is 98.5 Å². The predicted octanol–water partition coefficient (Wildman–Crippen LogP) is 9.34. The molecule has 0 radical (unpaired) electrons. The Bertz CT molecular complexity index is 960. The summed E-state index contributed by atoms with van der Waals surface area (Å²) in [6.07, 6.45) is 19.7. The molecule has 0 amide bonds. The summed E-state index contributed by atoms with van der Waals surface area (Å²) in [6.45, 7) is 13.9. The second-order valence-corrected chi connectivity index (χ2v) is 17.3. The smallest absolute Gasteiger partial charge is 0.299 e. The minimum Gasteiger partial charge on any atom is -0.408 e. The Morgan fingerprint density at radius 2 is 1.54 bits per heavy atom. The highest BCUT2D eigenvalue weighted by atomic mass is 28.4. The Morgan fingerprint density at radius 3 is 2.05 bits per heavy atom. The highest BCUT2D eigenvalue weighted by Gasteiger charge is 2.47. The molecule has 1 saturated heterocycles. The van der Waals surface area contributed by atoms with Gasteiger partial charge in [-0.25, -0.2) is 0 Å². The molecule has 0 aliphatic carbocycles. The van der Waals surface area contributed by atoms with Crippen LogP contribution < -0.4 is 4.90 Å². The second kappa shape index (κ2) is 15.5. The van der Waals surface area contributed by atoms with Gasteiger partial charge >= 0.3 is 0 Å². The molecule has 1 fully saturated rings. The highest BCUT2D eigenvalue weighted by molar-refractivity contribution is 6.74. The van der Waals surface area contributed by atoms with Gasteiger partial charge < -0.3 is 9.33 Å².